The van der Waals surface area contributed by atoms with E-state index < -0.39 is 5.41 Å². The van der Waals surface area contributed by atoms with Crippen molar-refractivity contribution < 1.29 is 4.79 Å². The maximum absolute atomic E-state index is 13.8. The number of hydrogen-bond donors (Lipinski definition) is 0. The van der Waals surface area contributed by atoms with Gasteiger partial charge in [0.05, 0.1) is 22.8 Å². The first kappa shape index (κ1) is 17.7. The molecule has 0 radical (unpaired) electrons. The van der Waals surface area contributed by atoms with Gasteiger partial charge in [0.15, 0.2) is 5.65 Å². The minimum absolute atomic E-state index is 0.0436. The van der Waals surface area contributed by atoms with Gasteiger partial charge in [0.25, 0.3) is 0 Å². The highest BCUT2D eigenvalue weighted by atomic mass is 35.5. The molecule has 2 aliphatic rings. The number of hydrogen-bond acceptors (Lipinski definition) is 3. The van der Waals surface area contributed by atoms with Gasteiger partial charge in [-0.05, 0) is 56.4 Å². The van der Waals surface area contributed by atoms with Crippen LogP contribution in [-0.4, -0.2) is 31.9 Å². The molecule has 28 heavy (non-hydrogen) atoms. The van der Waals surface area contributed by atoms with Gasteiger partial charge in [0, 0.05) is 23.8 Å². The third kappa shape index (κ3) is 2.64. The maximum atomic E-state index is 13.8. The van der Waals surface area contributed by atoms with Crippen molar-refractivity contribution in [2.45, 2.75) is 50.5 Å². The monoisotopic (exact) mass is 394 g/mol. The lowest BCUT2D eigenvalue weighted by molar-refractivity contribution is -0.142. The standard InChI is InChI=1S/C22H23ClN4O/c1-15-14-20-24-12-9-19(27(20)25-15)18-4-2-13-26(18)21(28)22(10-3-11-22)16-5-7-17(23)8-6-16/h5-9,12,14,18H,2-4,10-11,13H2,1H3. The molecule has 1 aromatic carbocycles. The molecule has 144 valence electrons. The van der Waals surface area contributed by atoms with Crippen molar-refractivity contribution >= 4 is 23.2 Å². The number of halogens is 1. The molecule has 5 nitrogen and oxygen atoms in total. The fourth-order valence-corrected chi connectivity index (χ4v) is 4.92. The largest absolute Gasteiger partial charge is 0.333 e. The molecular formula is C22H23ClN4O. The molecular weight excluding hydrogens is 372 g/mol. The summed E-state index contributed by atoms with van der Waals surface area (Å²) >= 11 is 6.08. The predicted octanol–water partition coefficient (Wildman–Crippen LogP) is 4.48. The van der Waals surface area contributed by atoms with E-state index in [2.05, 4.69) is 15.0 Å². The van der Waals surface area contributed by atoms with Gasteiger partial charge in [-0.1, -0.05) is 30.2 Å². The number of benzene rings is 1. The van der Waals surface area contributed by atoms with Gasteiger partial charge < -0.3 is 4.90 Å². The second-order valence-corrected chi connectivity index (χ2v) is 8.46. The van der Waals surface area contributed by atoms with Gasteiger partial charge in [-0.3, -0.25) is 4.79 Å². The molecule has 1 unspecified atom stereocenters. The van der Waals surface area contributed by atoms with E-state index >= 15 is 0 Å². The highest BCUT2D eigenvalue weighted by Gasteiger charge is 2.50. The van der Waals surface area contributed by atoms with E-state index in [1.54, 1.807) is 0 Å². The highest BCUT2D eigenvalue weighted by Crippen LogP contribution is 2.48. The van der Waals surface area contributed by atoms with Crippen molar-refractivity contribution in [1.82, 2.24) is 19.5 Å². The molecule has 3 heterocycles. The lowest BCUT2D eigenvalue weighted by atomic mass is 9.63. The van der Waals surface area contributed by atoms with Crippen LogP contribution in [0.3, 0.4) is 0 Å². The quantitative estimate of drug-likeness (QED) is 0.658. The zero-order chi connectivity index (χ0) is 19.3. The van der Waals surface area contributed by atoms with Crippen LogP contribution in [0.25, 0.3) is 5.65 Å². The molecule has 0 bridgehead atoms. The van der Waals surface area contributed by atoms with E-state index in [0.29, 0.717) is 5.02 Å². The second-order valence-electron chi connectivity index (χ2n) is 8.02. The Labute approximate surface area is 169 Å². The zero-order valence-corrected chi connectivity index (χ0v) is 16.7. The number of amides is 1. The summed E-state index contributed by atoms with van der Waals surface area (Å²) in [6.45, 7) is 2.77. The lowest BCUT2D eigenvalue weighted by Gasteiger charge is -2.44. The topological polar surface area (TPSA) is 50.5 Å². The van der Waals surface area contributed by atoms with Crippen LogP contribution in [0, 0.1) is 6.92 Å². The summed E-state index contributed by atoms with van der Waals surface area (Å²) in [5.41, 5.74) is 3.51. The van der Waals surface area contributed by atoms with Gasteiger partial charge in [-0.25, -0.2) is 9.50 Å². The Morgan fingerprint density at radius 2 is 1.96 bits per heavy atom. The summed E-state index contributed by atoms with van der Waals surface area (Å²) in [4.78, 5) is 20.3. The van der Waals surface area contributed by atoms with E-state index in [1.807, 2.05) is 54.0 Å². The van der Waals surface area contributed by atoms with Crippen LogP contribution in [0.15, 0.2) is 42.6 Å². The number of likely N-dealkylation sites (tertiary alicyclic amines) is 1. The molecule has 1 saturated heterocycles. The summed E-state index contributed by atoms with van der Waals surface area (Å²) in [7, 11) is 0. The average Bonchev–Trinajstić information content (AvgIpc) is 3.27. The van der Waals surface area contributed by atoms with Crippen LogP contribution in [-0.2, 0) is 10.2 Å². The van der Waals surface area contributed by atoms with Crippen LogP contribution >= 0.6 is 11.6 Å². The minimum atomic E-state index is -0.403. The van der Waals surface area contributed by atoms with Gasteiger partial charge in [0.1, 0.15) is 0 Å². The van der Waals surface area contributed by atoms with Gasteiger partial charge >= 0.3 is 0 Å². The highest BCUT2D eigenvalue weighted by molar-refractivity contribution is 6.30. The molecule has 1 amide bonds. The fourth-order valence-electron chi connectivity index (χ4n) is 4.80. The summed E-state index contributed by atoms with van der Waals surface area (Å²) in [6, 6.07) is 11.9. The first-order valence-corrected chi connectivity index (χ1v) is 10.3. The molecule has 2 fully saturated rings. The van der Waals surface area contributed by atoms with E-state index in [4.69, 9.17) is 11.6 Å². The predicted molar refractivity (Wildman–Crippen MR) is 108 cm³/mol. The Morgan fingerprint density at radius 3 is 2.68 bits per heavy atom. The van der Waals surface area contributed by atoms with Crippen molar-refractivity contribution in [3.05, 3.63) is 64.6 Å². The summed E-state index contributed by atoms with van der Waals surface area (Å²) in [5, 5.41) is 5.32. The fraction of sp³-hybridized carbons (Fsp3) is 0.409. The molecule has 1 saturated carbocycles. The number of fused-ring (bicyclic) bond motifs is 1. The van der Waals surface area contributed by atoms with Crippen molar-refractivity contribution in [3.8, 4) is 0 Å². The molecule has 1 atom stereocenters. The summed E-state index contributed by atoms with van der Waals surface area (Å²) < 4.78 is 1.90. The van der Waals surface area contributed by atoms with E-state index in [-0.39, 0.29) is 11.9 Å². The summed E-state index contributed by atoms with van der Waals surface area (Å²) in [6.07, 6.45) is 6.69. The number of nitrogens with zero attached hydrogens (tertiary/aromatic N) is 4. The molecule has 0 spiro atoms. The van der Waals surface area contributed by atoms with Crippen molar-refractivity contribution in [2.24, 2.45) is 0 Å². The van der Waals surface area contributed by atoms with Crippen molar-refractivity contribution in [2.75, 3.05) is 6.54 Å². The minimum Gasteiger partial charge on any atom is -0.333 e. The van der Waals surface area contributed by atoms with E-state index in [1.165, 1.54) is 0 Å². The third-order valence-corrected chi connectivity index (χ3v) is 6.63. The zero-order valence-electron chi connectivity index (χ0n) is 15.9. The Morgan fingerprint density at radius 1 is 1.18 bits per heavy atom. The smallest absolute Gasteiger partial charge is 0.233 e. The first-order valence-electron chi connectivity index (χ1n) is 9.97. The van der Waals surface area contributed by atoms with Gasteiger partial charge in [0.2, 0.25) is 5.91 Å². The number of carbonyl (C=O) groups is 1. The first-order chi connectivity index (χ1) is 13.6. The molecule has 2 aromatic heterocycles. The molecule has 1 aliphatic heterocycles. The van der Waals surface area contributed by atoms with Crippen LogP contribution in [0.5, 0.6) is 0 Å². The van der Waals surface area contributed by atoms with Gasteiger partial charge in [-0.2, -0.15) is 5.10 Å². The lowest BCUT2D eigenvalue weighted by Crippen LogP contribution is -2.51. The van der Waals surface area contributed by atoms with E-state index in [0.717, 1.165) is 61.2 Å². The van der Waals surface area contributed by atoms with Crippen LogP contribution in [0.1, 0.15) is 55.1 Å². The molecule has 3 aromatic rings. The van der Waals surface area contributed by atoms with Gasteiger partial charge in [-0.15, -0.1) is 0 Å². The normalized spacial score (nSPS) is 21.1. The Bertz CT molecular complexity index is 1040. The van der Waals surface area contributed by atoms with Crippen LogP contribution in [0.2, 0.25) is 5.02 Å². The number of aromatic nitrogens is 3. The Hall–Kier alpha value is -2.40. The van der Waals surface area contributed by atoms with E-state index in [9.17, 15) is 4.79 Å². The number of aryl methyl sites for hydroxylation is 1. The Kier molecular flexibility index (Phi) is 4.16. The van der Waals surface area contributed by atoms with Crippen molar-refractivity contribution in [3.63, 3.8) is 0 Å². The molecule has 1 aliphatic carbocycles. The SMILES string of the molecule is Cc1cc2nccc(C3CCCN3C(=O)C3(c4ccc(Cl)cc4)CCC3)n2n1. The number of carbonyl (C=O) groups excluding carboxylic acids is 1. The average molecular weight is 395 g/mol. The summed E-state index contributed by atoms with van der Waals surface area (Å²) in [5.74, 6) is 0.248. The molecule has 5 rings (SSSR count). The third-order valence-electron chi connectivity index (χ3n) is 6.38. The number of rotatable bonds is 3. The van der Waals surface area contributed by atoms with Crippen molar-refractivity contribution in [1.29, 1.82) is 0 Å². The van der Waals surface area contributed by atoms with Crippen LogP contribution in [0.4, 0.5) is 0 Å². The second kappa shape index (κ2) is 6.59. The Balaban J connectivity index is 1.52. The molecule has 0 N–H and O–H groups in total. The van der Waals surface area contributed by atoms with Crippen LogP contribution < -0.4 is 0 Å². The molecule has 6 heteroatoms. The maximum Gasteiger partial charge on any atom is 0.233 e.